The van der Waals surface area contributed by atoms with Gasteiger partial charge >= 0.3 is 6.36 Å². The predicted octanol–water partition coefficient (Wildman–Crippen LogP) is 7.53. The molecule has 0 aliphatic heterocycles. The third-order valence-electron chi connectivity index (χ3n) is 6.14. The van der Waals surface area contributed by atoms with E-state index in [-0.39, 0.29) is 22.4 Å². The van der Waals surface area contributed by atoms with Gasteiger partial charge in [0.1, 0.15) is 11.4 Å². The van der Waals surface area contributed by atoms with Crippen molar-refractivity contribution in [2.24, 2.45) is 0 Å². The van der Waals surface area contributed by atoms with Crippen LogP contribution in [-0.2, 0) is 0 Å². The first-order chi connectivity index (χ1) is 19.1. The molecule has 5 aromatic rings. The van der Waals surface area contributed by atoms with Gasteiger partial charge in [0.15, 0.2) is 12.6 Å². The zero-order valence-electron chi connectivity index (χ0n) is 20.1. The van der Waals surface area contributed by atoms with E-state index in [2.05, 4.69) is 9.72 Å². The molecule has 0 aliphatic carbocycles. The summed E-state index contributed by atoms with van der Waals surface area (Å²) in [6, 6.07) is 17.4. The highest BCUT2D eigenvalue weighted by Crippen LogP contribution is 2.43. The van der Waals surface area contributed by atoms with Crippen molar-refractivity contribution in [1.82, 2.24) is 9.38 Å². The summed E-state index contributed by atoms with van der Waals surface area (Å²) >= 11 is 13.6. The van der Waals surface area contributed by atoms with E-state index >= 15 is 0 Å². The van der Waals surface area contributed by atoms with Crippen molar-refractivity contribution in [1.29, 1.82) is 0 Å². The first kappa shape index (κ1) is 27.1. The monoisotopic (exact) mass is 582 g/mol. The summed E-state index contributed by atoms with van der Waals surface area (Å²) < 4.78 is 44.0. The molecule has 0 radical (unpaired) electrons. The number of aldehydes is 2. The lowest BCUT2D eigenvalue weighted by atomic mass is 9.95. The number of ether oxygens (including phenoxy) is 1. The maximum absolute atomic E-state index is 12.9. The molecule has 3 aromatic carbocycles. The fraction of sp³-hybridized carbons (Fsp3) is 0.0345. The van der Waals surface area contributed by atoms with Crippen molar-refractivity contribution < 1.29 is 27.5 Å². The van der Waals surface area contributed by atoms with E-state index in [9.17, 15) is 27.6 Å². The topological polar surface area (TPSA) is 77.7 Å². The number of carbonyl (C=O) groups is 2. The third-order valence-corrected chi connectivity index (χ3v) is 6.95. The van der Waals surface area contributed by atoms with Gasteiger partial charge in [0.2, 0.25) is 0 Å². The van der Waals surface area contributed by atoms with Gasteiger partial charge in [-0.3, -0.25) is 18.8 Å². The van der Waals surface area contributed by atoms with Crippen LogP contribution in [0.1, 0.15) is 20.7 Å². The van der Waals surface area contributed by atoms with Gasteiger partial charge in [0, 0.05) is 34.6 Å². The van der Waals surface area contributed by atoms with Crippen LogP contribution < -0.4 is 10.3 Å². The molecule has 0 aliphatic rings. The van der Waals surface area contributed by atoms with Crippen LogP contribution >= 0.6 is 23.2 Å². The van der Waals surface area contributed by atoms with Crippen LogP contribution in [0, 0.1) is 0 Å². The van der Waals surface area contributed by atoms with Crippen molar-refractivity contribution in [3.8, 4) is 39.1 Å². The fourth-order valence-electron chi connectivity index (χ4n) is 4.28. The molecule has 0 spiro atoms. The number of carbonyl (C=O) groups excluding carboxylic acids is 2. The van der Waals surface area contributed by atoms with Crippen molar-refractivity contribution in [3.05, 3.63) is 111 Å². The van der Waals surface area contributed by atoms with Crippen LogP contribution in [0.5, 0.6) is 5.75 Å². The van der Waals surface area contributed by atoms with Crippen molar-refractivity contribution in [2.75, 3.05) is 0 Å². The van der Waals surface area contributed by atoms with Crippen LogP contribution in [0.15, 0.2) is 83.9 Å². The van der Waals surface area contributed by atoms with Crippen molar-refractivity contribution in [2.45, 2.75) is 6.36 Å². The fourth-order valence-corrected chi connectivity index (χ4v) is 4.95. The Balaban J connectivity index is 1.60. The number of fused-ring (bicyclic) bond motifs is 1. The summed E-state index contributed by atoms with van der Waals surface area (Å²) in [5, 5.41) is 0.543. The number of hydrogen-bond acceptors (Lipinski definition) is 5. The number of benzene rings is 3. The molecule has 6 nitrogen and oxygen atoms in total. The van der Waals surface area contributed by atoms with Gasteiger partial charge in [-0.15, -0.1) is 13.2 Å². The number of halogens is 5. The molecule has 0 saturated carbocycles. The Labute approximate surface area is 234 Å². The highest BCUT2D eigenvalue weighted by atomic mass is 35.5. The molecule has 0 N–H and O–H groups in total. The first-order valence-electron chi connectivity index (χ1n) is 11.5. The van der Waals surface area contributed by atoms with Crippen LogP contribution in [0.2, 0.25) is 10.0 Å². The lowest BCUT2D eigenvalue weighted by molar-refractivity contribution is -0.274. The van der Waals surface area contributed by atoms with E-state index in [1.165, 1.54) is 28.9 Å². The number of nitrogens with zero attached hydrogens (tertiary/aromatic N) is 2. The van der Waals surface area contributed by atoms with Crippen LogP contribution in [-0.4, -0.2) is 28.3 Å². The second kappa shape index (κ2) is 10.6. The average molecular weight is 583 g/mol. The Hall–Kier alpha value is -4.47. The van der Waals surface area contributed by atoms with E-state index in [0.717, 1.165) is 6.07 Å². The number of pyridine rings is 1. The molecule has 200 valence electrons. The molecule has 0 saturated heterocycles. The number of rotatable bonds is 6. The molecule has 11 heteroatoms. The SMILES string of the molecule is O=Cc1ccc(-c2cccc(-c3cccc(-c4ccn5c(=O)c(C=O)cnc5c4)c3Cl)c2Cl)cc1OC(F)(F)F. The first-order valence-corrected chi connectivity index (χ1v) is 12.3. The molecule has 0 amide bonds. The van der Waals surface area contributed by atoms with E-state index in [1.54, 1.807) is 48.5 Å². The zero-order chi connectivity index (χ0) is 28.6. The highest BCUT2D eigenvalue weighted by molar-refractivity contribution is 6.39. The molecule has 0 atom stereocenters. The molecule has 0 fully saturated rings. The van der Waals surface area contributed by atoms with Gasteiger partial charge in [0.05, 0.1) is 21.2 Å². The van der Waals surface area contributed by atoms with Gasteiger partial charge in [-0.25, -0.2) is 4.98 Å². The van der Waals surface area contributed by atoms with Crippen LogP contribution in [0.3, 0.4) is 0 Å². The minimum atomic E-state index is -4.99. The second-order valence-electron chi connectivity index (χ2n) is 8.53. The van der Waals surface area contributed by atoms with Gasteiger partial charge in [0.25, 0.3) is 5.56 Å². The Bertz CT molecular complexity index is 1870. The maximum atomic E-state index is 12.9. The number of hydrogen-bond donors (Lipinski definition) is 0. The summed E-state index contributed by atoms with van der Waals surface area (Å²) in [5.74, 6) is -0.647. The summed E-state index contributed by atoms with van der Waals surface area (Å²) in [6.07, 6.45) is -1.58. The zero-order valence-corrected chi connectivity index (χ0v) is 21.6. The Morgan fingerprint density at radius 1 is 0.775 bits per heavy atom. The Kier molecular flexibility index (Phi) is 7.18. The third kappa shape index (κ3) is 5.09. The van der Waals surface area contributed by atoms with Crippen molar-refractivity contribution in [3.63, 3.8) is 0 Å². The number of alkyl halides is 3. The minimum absolute atomic E-state index is 0.0716. The average Bonchev–Trinajstić information content (AvgIpc) is 2.93. The lowest BCUT2D eigenvalue weighted by Crippen LogP contribution is -2.18. The van der Waals surface area contributed by atoms with Crippen LogP contribution in [0.4, 0.5) is 13.2 Å². The maximum Gasteiger partial charge on any atom is 0.573 e. The molecule has 5 rings (SSSR count). The van der Waals surface area contributed by atoms with Crippen molar-refractivity contribution >= 4 is 41.4 Å². The molecule has 40 heavy (non-hydrogen) atoms. The van der Waals surface area contributed by atoms with Crippen LogP contribution in [0.25, 0.3) is 39.0 Å². The minimum Gasteiger partial charge on any atom is -0.405 e. The number of aromatic nitrogens is 2. The highest BCUT2D eigenvalue weighted by Gasteiger charge is 2.32. The standard InChI is InChI=1S/C29H15Cl2F3N2O4/c30-26-20(16-7-8-18(14-37)24(11-16)40-29(32,33)34)3-1-5-22(26)23-6-2-4-21(27(23)31)17-9-10-36-25(12-17)35-13-19(15-38)28(36)39/h1-15H. The van der Waals surface area contributed by atoms with E-state index < -0.39 is 17.7 Å². The van der Waals surface area contributed by atoms with Gasteiger partial charge < -0.3 is 4.74 Å². The molecule has 2 aromatic heterocycles. The van der Waals surface area contributed by atoms with E-state index in [0.29, 0.717) is 50.3 Å². The summed E-state index contributed by atoms with van der Waals surface area (Å²) in [7, 11) is 0. The second-order valence-corrected chi connectivity index (χ2v) is 9.29. The normalized spacial score (nSPS) is 11.4. The molecular formula is C29H15Cl2F3N2O4. The predicted molar refractivity (Wildman–Crippen MR) is 145 cm³/mol. The molecule has 0 bridgehead atoms. The Morgan fingerprint density at radius 2 is 1.35 bits per heavy atom. The summed E-state index contributed by atoms with van der Waals surface area (Å²) in [5.41, 5.74) is 2.46. The molecular weight excluding hydrogens is 568 g/mol. The smallest absolute Gasteiger partial charge is 0.405 e. The quantitative estimate of drug-likeness (QED) is 0.193. The summed E-state index contributed by atoms with van der Waals surface area (Å²) in [4.78, 5) is 38.9. The molecule has 0 unspecified atom stereocenters. The van der Waals surface area contributed by atoms with E-state index in [4.69, 9.17) is 23.2 Å². The summed E-state index contributed by atoms with van der Waals surface area (Å²) in [6.45, 7) is 0. The molecule has 2 heterocycles. The van der Waals surface area contributed by atoms with E-state index in [1.807, 2.05) is 0 Å². The lowest BCUT2D eigenvalue weighted by Gasteiger charge is -2.16. The largest absolute Gasteiger partial charge is 0.573 e. The van der Waals surface area contributed by atoms with Gasteiger partial charge in [-0.1, -0.05) is 65.7 Å². The van der Waals surface area contributed by atoms with Gasteiger partial charge in [-0.2, -0.15) is 0 Å². The van der Waals surface area contributed by atoms with Gasteiger partial charge in [-0.05, 0) is 35.4 Å². The Morgan fingerprint density at radius 3 is 1.93 bits per heavy atom.